The van der Waals surface area contributed by atoms with Gasteiger partial charge in [-0.2, -0.15) is 0 Å². The molecule has 0 aliphatic rings. The van der Waals surface area contributed by atoms with Crippen molar-refractivity contribution in [3.05, 3.63) is 70.8 Å². The summed E-state index contributed by atoms with van der Waals surface area (Å²) < 4.78 is 0. The van der Waals surface area contributed by atoms with Gasteiger partial charge in [-0.1, -0.05) is 48.5 Å². The van der Waals surface area contributed by atoms with Gasteiger partial charge in [0.05, 0.1) is 6.61 Å². The SMILES string of the molecule is Cc1ccccc1CC(CO)c1ccccc1C. The average Bonchev–Trinajstić information content (AvgIpc) is 2.39. The number of hydrogen-bond donors (Lipinski definition) is 1. The average molecular weight is 240 g/mol. The Bertz CT molecular complexity index is 517. The molecule has 0 spiro atoms. The fourth-order valence-corrected chi connectivity index (χ4v) is 2.42. The lowest BCUT2D eigenvalue weighted by molar-refractivity contribution is 0.264. The Morgan fingerprint density at radius 1 is 0.889 bits per heavy atom. The first kappa shape index (κ1) is 12.8. The van der Waals surface area contributed by atoms with E-state index in [1.54, 1.807) is 0 Å². The van der Waals surface area contributed by atoms with Gasteiger partial charge in [0, 0.05) is 5.92 Å². The van der Waals surface area contributed by atoms with E-state index in [-0.39, 0.29) is 12.5 Å². The van der Waals surface area contributed by atoms with Crippen LogP contribution in [0.2, 0.25) is 0 Å². The molecule has 0 aromatic heterocycles. The zero-order valence-corrected chi connectivity index (χ0v) is 11.1. The molecular formula is C17H20O. The minimum Gasteiger partial charge on any atom is -0.396 e. The molecule has 2 aromatic rings. The highest BCUT2D eigenvalue weighted by Crippen LogP contribution is 2.24. The summed E-state index contributed by atoms with van der Waals surface area (Å²) in [5.41, 5.74) is 5.12. The van der Waals surface area contributed by atoms with E-state index < -0.39 is 0 Å². The predicted octanol–water partition coefficient (Wildman–Crippen LogP) is 3.62. The van der Waals surface area contributed by atoms with Gasteiger partial charge in [-0.3, -0.25) is 0 Å². The molecule has 2 aromatic carbocycles. The van der Waals surface area contributed by atoms with Crippen LogP contribution in [-0.2, 0) is 6.42 Å². The van der Waals surface area contributed by atoms with Gasteiger partial charge in [-0.15, -0.1) is 0 Å². The lowest BCUT2D eigenvalue weighted by Crippen LogP contribution is -2.10. The maximum absolute atomic E-state index is 9.66. The monoisotopic (exact) mass is 240 g/mol. The summed E-state index contributed by atoms with van der Waals surface area (Å²) >= 11 is 0. The number of aliphatic hydroxyl groups is 1. The van der Waals surface area contributed by atoms with Gasteiger partial charge in [0.25, 0.3) is 0 Å². The maximum atomic E-state index is 9.66. The lowest BCUT2D eigenvalue weighted by Gasteiger charge is -2.18. The normalized spacial score (nSPS) is 12.4. The van der Waals surface area contributed by atoms with Gasteiger partial charge < -0.3 is 5.11 Å². The molecule has 1 heteroatoms. The van der Waals surface area contributed by atoms with Crippen LogP contribution in [0.15, 0.2) is 48.5 Å². The molecular weight excluding hydrogens is 220 g/mol. The first-order valence-electron chi connectivity index (χ1n) is 6.43. The molecule has 0 heterocycles. The molecule has 2 rings (SSSR count). The minimum absolute atomic E-state index is 0.187. The van der Waals surface area contributed by atoms with Crippen LogP contribution in [0.5, 0.6) is 0 Å². The highest BCUT2D eigenvalue weighted by molar-refractivity contribution is 5.33. The lowest BCUT2D eigenvalue weighted by atomic mass is 9.88. The Labute approximate surface area is 109 Å². The van der Waals surface area contributed by atoms with Crippen molar-refractivity contribution in [2.24, 2.45) is 0 Å². The molecule has 0 saturated carbocycles. The van der Waals surface area contributed by atoms with E-state index in [2.05, 4.69) is 50.2 Å². The molecule has 0 saturated heterocycles. The van der Waals surface area contributed by atoms with E-state index in [4.69, 9.17) is 0 Å². The van der Waals surface area contributed by atoms with Crippen molar-refractivity contribution in [3.63, 3.8) is 0 Å². The first-order chi connectivity index (χ1) is 8.72. The summed E-state index contributed by atoms with van der Waals surface area (Å²) in [7, 11) is 0. The molecule has 94 valence electrons. The van der Waals surface area contributed by atoms with Gasteiger partial charge in [-0.25, -0.2) is 0 Å². The van der Waals surface area contributed by atoms with Gasteiger partial charge in [0.1, 0.15) is 0 Å². The van der Waals surface area contributed by atoms with Crippen molar-refractivity contribution >= 4 is 0 Å². The summed E-state index contributed by atoms with van der Waals surface area (Å²) in [6, 6.07) is 16.7. The van der Waals surface area contributed by atoms with Crippen LogP contribution in [-0.4, -0.2) is 11.7 Å². The van der Waals surface area contributed by atoms with Gasteiger partial charge >= 0.3 is 0 Å². The van der Waals surface area contributed by atoms with Gasteiger partial charge in [-0.05, 0) is 42.5 Å². The van der Waals surface area contributed by atoms with E-state index in [0.29, 0.717) is 0 Å². The van der Waals surface area contributed by atoms with Crippen molar-refractivity contribution in [1.29, 1.82) is 0 Å². The molecule has 0 fully saturated rings. The summed E-state index contributed by atoms with van der Waals surface area (Å²) in [4.78, 5) is 0. The first-order valence-corrected chi connectivity index (χ1v) is 6.43. The zero-order valence-electron chi connectivity index (χ0n) is 11.1. The van der Waals surface area contributed by atoms with Crippen LogP contribution in [0.4, 0.5) is 0 Å². The largest absolute Gasteiger partial charge is 0.396 e. The number of benzene rings is 2. The number of aryl methyl sites for hydroxylation is 2. The van der Waals surface area contributed by atoms with E-state index in [1.165, 1.54) is 22.3 Å². The van der Waals surface area contributed by atoms with Crippen LogP contribution in [0.25, 0.3) is 0 Å². The van der Waals surface area contributed by atoms with Gasteiger partial charge in [0.2, 0.25) is 0 Å². The number of rotatable bonds is 4. The molecule has 0 amide bonds. The van der Waals surface area contributed by atoms with Crippen LogP contribution in [0.1, 0.15) is 28.2 Å². The van der Waals surface area contributed by atoms with Crippen molar-refractivity contribution in [2.75, 3.05) is 6.61 Å². The Kier molecular flexibility index (Phi) is 4.16. The third kappa shape index (κ3) is 2.80. The van der Waals surface area contributed by atoms with E-state index in [9.17, 15) is 5.11 Å². The van der Waals surface area contributed by atoms with Crippen LogP contribution in [0.3, 0.4) is 0 Å². The quantitative estimate of drug-likeness (QED) is 0.865. The third-order valence-electron chi connectivity index (χ3n) is 3.58. The topological polar surface area (TPSA) is 20.2 Å². The summed E-state index contributed by atoms with van der Waals surface area (Å²) in [6.07, 6.45) is 0.897. The Balaban J connectivity index is 2.26. The van der Waals surface area contributed by atoms with E-state index in [1.807, 2.05) is 12.1 Å². The van der Waals surface area contributed by atoms with Crippen LogP contribution >= 0.6 is 0 Å². The zero-order chi connectivity index (χ0) is 13.0. The second kappa shape index (κ2) is 5.83. The van der Waals surface area contributed by atoms with Crippen LogP contribution < -0.4 is 0 Å². The highest BCUT2D eigenvalue weighted by atomic mass is 16.3. The Hall–Kier alpha value is -1.60. The van der Waals surface area contributed by atoms with Crippen LogP contribution in [0, 0.1) is 13.8 Å². The summed E-state index contributed by atoms with van der Waals surface area (Å²) in [5, 5.41) is 9.66. The van der Waals surface area contributed by atoms with Crippen molar-refractivity contribution < 1.29 is 5.11 Å². The fraction of sp³-hybridized carbons (Fsp3) is 0.294. The molecule has 0 aliphatic heterocycles. The van der Waals surface area contributed by atoms with E-state index in [0.717, 1.165) is 6.42 Å². The second-order valence-corrected chi connectivity index (χ2v) is 4.87. The van der Waals surface area contributed by atoms with Crippen molar-refractivity contribution in [3.8, 4) is 0 Å². The number of hydrogen-bond acceptors (Lipinski definition) is 1. The number of aliphatic hydroxyl groups excluding tert-OH is 1. The molecule has 1 atom stereocenters. The second-order valence-electron chi connectivity index (χ2n) is 4.87. The Morgan fingerprint density at radius 2 is 1.50 bits per heavy atom. The molecule has 1 nitrogen and oxygen atoms in total. The molecule has 18 heavy (non-hydrogen) atoms. The summed E-state index contributed by atoms with van der Waals surface area (Å²) in [6.45, 7) is 4.43. The third-order valence-corrected chi connectivity index (χ3v) is 3.58. The standard InChI is InChI=1S/C17H20O/c1-13-7-3-5-9-15(13)11-16(12-18)17-10-6-4-8-14(17)2/h3-10,16,18H,11-12H2,1-2H3. The highest BCUT2D eigenvalue weighted by Gasteiger charge is 2.14. The predicted molar refractivity (Wildman–Crippen MR) is 75.9 cm³/mol. The molecule has 1 unspecified atom stereocenters. The van der Waals surface area contributed by atoms with E-state index >= 15 is 0 Å². The van der Waals surface area contributed by atoms with Crippen molar-refractivity contribution in [2.45, 2.75) is 26.2 Å². The molecule has 0 bridgehead atoms. The minimum atomic E-state index is 0.187. The maximum Gasteiger partial charge on any atom is 0.0503 e. The summed E-state index contributed by atoms with van der Waals surface area (Å²) in [5.74, 6) is 0.187. The molecule has 0 radical (unpaired) electrons. The molecule has 0 aliphatic carbocycles. The molecule has 1 N–H and O–H groups in total. The van der Waals surface area contributed by atoms with Gasteiger partial charge in [0.15, 0.2) is 0 Å². The van der Waals surface area contributed by atoms with Crippen molar-refractivity contribution in [1.82, 2.24) is 0 Å². The Morgan fingerprint density at radius 3 is 2.11 bits per heavy atom. The smallest absolute Gasteiger partial charge is 0.0503 e. The fourth-order valence-electron chi connectivity index (χ4n) is 2.42.